The Balaban J connectivity index is 1.74. The smallest absolute Gasteiger partial charge is 0.344 e. The quantitative estimate of drug-likeness (QED) is 0.706. The molecule has 1 N–H and O–H groups in total. The predicted octanol–water partition coefficient (Wildman–Crippen LogP) is 3.93. The molecule has 0 saturated heterocycles. The van der Waals surface area contributed by atoms with Crippen LogP contribution >= 0.6 is 11.6 Å². The number of carbonyl (C=O) groups is 1. The van der Waals surface area contributed by atoms with Crippen molar-refractivity contribution >= 4 is 28.5 Å². The summed E-state index contributed by atoms with van der Waals surface area (Å²) in [5.41, 5.74) is 0.673. The lowest BCUT2D eigenvalue weighted by Gasteiger charge is -2.11. The maximum absolute atomic E-state index is 10.8. The van der Waals surface area contributed by atoms with Crippen molar-refractivity contribution in [2.24, 2.45) is 0 Å². The molecule has 0 amide bonds. The van der Waals surface area contributed by atoms with Crippen LogP contribution in [0.5, 0.6) is 17.4 Å². The van der Waals surface area contributed by atoms with Crippen LogP contribution in [0.25, 0.3) is 10.9 Å². The Bertz CT molecular complexity index is 883. The zero-order chi connectivity index (χ0) is 17.1. The Morgan fingerprint density at radius 2 is 1.88 bits per heavy atom. The van der Waals surface area contributed by atoms with Gasteiger partial charge in [0.15, 0.2) is 6.10 Å². The second kappa shape index (κ2) is 6.72. The molecule has 6 nitrogen and oxygen atoms in total. The molecule has 0 bridgehead atoms. The highest BCUT2D eigenvalue weighted by molar-refractivity contribution is 6.30. The highest BCUT2D eigenvalue weighted by atomic mass is 35.5. The lowest BCUT2D eigenvalue weighted by Crippen LogP contribution is -2.22. The molecule has 2 aromatic heterocycles. The minimum Gasteiger partial charge on any atom is -0.479 e. The largest absolute Gasteiger partial charge is 0.479 e. The number of hydrogen-bond acceptors (Lipinski definition) is 5. The van der Waals surface area contributed by atoms with Crippen molar-refractivity contribution in [2.75, 3.05) is 0 Å². The number of nitrogens with zero attached hydrogens (tertiary/aromatic N) is 2. The zero-order valence-electron chi connectivity index (χ0n) is 12.6. The summed E-state index contributed by atoms with van der Waals surface area (Å²) in [5.74, 6) is 0.394. The van der Waals surface area contributed by atoms with Crippen LogP contribution in [0.3, 0.4) is 0 Å². The molecular weight excluding hydrogens is 332 g/mol. The summed E-state index contributed by atoms with van der Waals surface area (Å²) >= 11 is 5.84. The number of aliphatic carboxylic acids is 1. The summed E-state index contributed by atoms with van der Waals surface area (Å²) in [6.45, 7) is 1.46. The second-order valence-corrected chi connectivity index (χ2v) is 5.41. The van der Waals surface area contributed by atoms with Crippen LogP contribution in [0.4, 0.5) is 0 Å². The summed E-state index contributed by atoms with van der Waals surface area (Å²) in [6, 6.07) is 11.9. The van der Waals surface area contributed by atoms with Gasteiger partial charge in [-0.3, -0.25) is 0 Å². The van der Waals surface area contributed by atoms with Crippen LogP contribution in [0.1, 0.15) is 6.92 Å². The lowest BCUT2D eigenvalue weighted by atomic mass is 10.2. The number of fused-ring (bicyclic) bond motifs is 1. The summed E-state index contributed by atoms with van der Waals surface area (Å²) in [6.07, 6.45) is 0.660. The van der Waals surface area contributed by atoms with Gasteiger partial charge < -0.3 is 14.6 Å². The number of hydrogen-bond donors (Lipinski definition) is 1. The van der Waals surface area contributed by atoms with E-state index < -0.39 is 12.1 Å². The van der Waals surface area contributed by atoms with Gasteiger partial charge in [0, 0.05) is 11.5 Å². The first-order chi connectivity index (χ1) is 11.5. The fourth-order valence-electron chi connectivity index (χ4n) is 2.00. The predicted molar refractivity (Wildman–Crippen MR) is 88.8 cm³/mol. The van der Waals surface area contributed by atoms with Crippen molar-refractivity contribution in [3.8, 4) is 17.4 Å². The molecule has 2 heterocycles. The van der Waals surface area contributed by atoms with E-state index in [2.05, 4.69) is 9.97 Å². The topological polar surface area (TPSA) is 81.5 Å². The number of benzene rings is 1. The van der Waals surface area contributed by atoms with Crippen molar-refractivity contribution in [3.63, 3.8) is 0 Å². The van der Waals surface area contributed by atoms with Crippen molar-refractivity contribution < 1.29 is 19.4 Å². The number of ether oxygens (including phenoxy) is 2. The molecule has 24 heavy (non-hydrogen) atoms. The van der Waals surface area contributed by atoms with E-state index in [1.165, 1.54) is 6.92 Å². The van der Waals surface area contributed by atoms with Gasteiger partial charge in [-0.25, -0.2) is 14.8 Å². The SMILES string of the molecule is CC(Oc1ccc(Oc2ccc3cc(Cl)ncc3n2)cc1)C(=O)O. The van der Waals surface area contributed by atoms with Gasteiger partial charge in [-0.2, -0.15) is 0 Å². The average Bonchev–Trinajstić information content (AvgIpc) is 2.56. The van der Waals surface area contributed by atoms with E-state index in [4.69, 9.17) is 26.2 Å². The van der Waals surface area contributed by atoms with Crippen LogP contribution in [0, 0.1) is 0 Å². The van der Waals surface area contributed by atoms with E-state index in [9.17, 15) is 4.79 Å². The van der Waals surface area contributed by atoms with Crippen LogP contribution in [-0.4, -0.2) is 27.1 Å². The average molecular weight is 345 g/mol. The fourth-order valence-corrected chi connectivity index (χ4v) is 2.17. The highest BCUT2D eigenvalue weighted by Crippen LogP contribution is 2.25. The normalized spacial score (nSPS) is 11.9. The molecule has 1 unspecified atom stereocenters. The molecular formula is C17H13ClN2O4. The molecule has 0 aliphatic carbocycles. The summed E-state index contributed by atoms with van der Waals surface area (Å²) < 4.78 is 10.9. The minimum atomic E-state index is -1.02. The van der Waals surface area contributed by atoms with Crippen molar-refractivity contribution in [1.82, 2.24) is 9.97 Å². The zero-order valence-corrected chi connectivity index (χ0v) is 13.4. The molecule has 0 aliphatic heterocycles. The molecule has 0 aliphatic rings. The van der Waals surface area contributed by atoms with E-state index in [0.29, 0.717) is 28.0 Å². The first kappa shape index (κ1) is 16.0. The Hall–Kier alpha value is -2.86. The lowest BCUT2D eigenvalue weighted by molar-refractivity contribution is -0.144. The van der Waals surface area contributed by atoms with Crippen LogP contribution in [0.2, 0.25) is 5.15 Å². The number of halogens is 1. The third-order valence-electron chi connectivity index (χ3n) is 3.22. The molecule has 3 rings (SSSR count). The first-order valence-electron chi connectivity index (χ1n) is 7.11. The van der Waals surface area contributed by atoms with Crippen LogP contribution in [0.15, 0.2) is 48.7 Å². The van der Waals surface area contributed by atoms with Gasteiger partial charge in [-0.15, -0.1) is 0 Å². The van der Waals surface area contributed by atoms with E-state index in [-0.39, 0.29) is 0 Å². The summed E-state index contributed by atoms with van der Waals surface area (Å²) in [4.78, 5) is 19.1. The summed E-state index contributed by atoms with van der Waals surface area (Å²) in [5, 5.41) is 10.1. The minimum absolute atomic E-state index is 0.407. The number of carboxylic acid groups (broad SMARTS) is 1. The van der Waals surface area contributed by atoms with Gasteiger partial charge in [0.05, 0.1) is 11.7 Å². The maximum Gasteiger partial charge on any atom is 0.344 e. The maximum atomic E-state index is 10.8. The van der Waals surface area contributed by atoms with Crippen LogP contribution < -0.4 is 9.47 Å². The van der Waals surface area contributed by atoms with E-state index >= 15 is 0 Å². The third-order valence-corrected chi connectivity index (χ3v) is 3.43. The first-order valence-corrected chi connectivity index (χ1v) is 7.49. The molecule has 0 radical (unpaired) electrons. The van der Waals surface area contributed by atoms with Gasteiger partial charge in [0.25, 0.3) is 0 Å². The molecule has 1 atom stereocenters. The Labute approximate surface area is 142 Å². The van der Waals surface area contributed by atoms with Gasteiger partial charge >= 0.3 is 5.97 Å². The Kier molecular flexibility index (Phi) is 4.48. The molecule has 0 fully saturated rings. The van der Waals surface area contributed by atoms with Crippen molar-refractivity contribution in [3.05, 3.63) is 53.8 Å². The highest BCUT2D eigenvalue weighted by Gasteiger charge is 2.12. The van der Waals surface area contributed by atoms with Gasteiger partial charge in [0.1, 0.15) is 16.7 Å². The van der Waals surface area contributed by atoms with Gasteiger partial charge in [-0.05, 0) is 43.3 Å². The van der Waals surface area contributed by atoms with Gasteiger partial charge in [-0.1, -0.05) is 11.6 Å². The van der Waals surface area contributed by atoms with E-state index in [0.717, 1.165) is 5.39 Å². The molecule has 0 saturated carbocycles. The van der Waals surface area contributed by atoms with Crippen LogP contribution in [-0.2, 0) is 4.79 Å². The van der Waals surface area contributed by atoms with E-state index in [1.807, 2.05) is 6.07 Å². The standard InChI is InChI=1S/C17H13ClN2O4/c1-10(17(21)22)23-12-3-5-13(6-4-12)24-16-7-2-11-8-15(18)19-9-14(11)20-16/h2-10H,1H3,(H,21,22). The van der Waals surface area contributed by atoms with E-state index in [1.54, 1.807) is 42.6 Å². The summed E-state index contributed by atoms with van der Waals surface area (Å²) in [7, 11) is 0. The Morgan fingerprint density at radius 1 is 1.17 bits per heavy atom. The van der Waals surface area contributed by atoms with Crippen molar-refractivity contribution in [1.29, 1.82) is 0 Å². The number of aromatic nitrogens is 2. The molecule has 3 aromatic rings. The fraction of sp³-hybridized carbons (Fsp3) is 0.118. The molecule has 0 spiro atoms. The number of carboxylic acids is 1. The number of rotatable bonds is 5. The monoisotopic (exact) mass is 344 g/mol. The van der Waals surface area contributed by atoms with Gasteiger partial charge in [0.2, 0.25) is 5.88 Å². The number of pyridine rings is 2. The second-order valence-electron chi connectivity index (χ2n) is 5.02. The third kappa shape index (κ3) is 3.72. The molecule has 1 aromatic carbocycles. The Morgan fingerprint density at radius 3 is 2.58 bits per heavy atom. The molecule has 122 valence electrons. The van der Waals surface area contributed by atoms with Crippen molar-refractivity contribution in [2.45, 2.75) is 13.0 Å². The molecule has 7 heteroatoms.